The van der Waals surface area contributed by atoms with Crippen molar-refractivity contribution >= 4 is 5.97 Å². The topological polar surface area (TPSA) is 47.4 Å². The van der Waals surface area contributed by atoms with Crippen molar-refractivity contribution in [3.8, 4) is 0 Å². The van der Waals surface area contributed by atoms with Crippen molar-refractivity contribution in [1.82, 2.24) is 14.5 Å². The minimum atomic E-state index is -0.170. The molecule has 1 aromatic heterocycles. The van der Waals surface area contributed by atoms with E-state index in [0.29, 0.717) is 6.54 Å². The van der Waals surface area contributed by atoms with Crippen LogP contribution in [0.1, 0.15) is 12.6 Å². The summed E-state index contributed by atoms with van der Waals surface area (Å²) in [5, 5.41) is 0. The SMILES string of the molecule is COC(=O)C(C)CN(C)Cc1cncn1C. The molecular weight excluding hydrogens is 206 g/mol. The number of hydrogen-bond acceptors (Lipinski definition) is 4. The van der Waals surface area contributed by atoms with Gasteiger partial charge in [-0.15, -0.1) is 0 Å². The van der Waals surface area contributed by atoms with E-state index in [1.165, 1.54) is 7.11 Å². The van der Waals surface area contributed by atoms with Crippen LogP contribution in [-0.4, -0.2) is 41.1 Å². The monoisotopic (exact) mass is 225 g/mol. The fraction of sp³-hybridized carbons (Fsp3) is 0.636. The molecule has 5 nitrogen and oxygen atoms in total. The minimum Gasteiger partial charge on any atom is -0.469 e. The largest absolute Gasteiger partial charge is 0.469 e. The molecule has 1 heterocycles. The summed E-state index contributed by atoms with van der Waals surface area (Å²) >= 11 is 0. The molecule has 5 heteroatoms. The van der Waals surface area contributed by atoms with Crippen LogP contribution >= 0.6 is 0 Å². The van der Waals surface area contributed by atoms with Gasteiger partial charge in [0.05, 0.1) is 25.0 Å². The van der Waals surface area contributed by atoms with Gasteiger partial charge in [0.1, 0.15) is 0 Å². The number of aromatic nitrogens is 2. The Labute approximate surface area is 96.0 Å². The average Bonchev–Trinajstić information content (AvgIpc) is 2.63. The fourth-order valence-electron chi connectivity index (χ4n) is 1.62. The number of aryl methyl sites for hydroxylation is 1. The molecule has 0 aromatic carbocycles. The maximum Gasteiger partial charge on any atom is 0.309 e. The normalized spacial score (nSPS) is 12.8. The molecule has 0 aliphatic carbocycles. The average molecular weight is 225 g/mol. The molecule has 0 fully saturated rings. The van der Waals surface area contributed by atoms with E-state index in [9.17, 15) is 4.79 Å². The molecule has 0 spiro atoms. The van der Waals surface area contributed by atoms with Crippen LogP contribution in [0.15, 0.2) is 12.5 Å². The summed E-state index contributed by atoms with van der Waals surface area (Å²) in [6.45, 7) is 3.32. The molecule has 90 valence electrons. The molecule has 0 bridgehead atoms. The third-order valence-corrected chi connectivity index (χ3v) is 2.54. The molecule has 1 aromatic rings. The number of carbonyl (C=O) groups is 1. The maximum atomic E-state index is 11.3. The standard InChI is InChI=1S/C11H19N3O2/c1-9(11(15)16-4)6-13(2)7-10-5-12-8-14(10)3/h5,8-9H,6-7H2,1-4H3. The second-order valence-electron chi connectivity index (χ2n) is 4.12. The molecule has 1 atom stereocenters. The van der Waals surface area contributed by atoms with Crippen LogP contribution in [0.25, 0.3) is 0 Å². The van der Waals surface area contributed by atoms with E-state index >= 15 is 0 Å². The van der Waals surface area contributed by atoms with Gasteiger partial charge in [-0.05, 0) is 7.05 Å². The van der Waals surface area contributed by atoms with Crippen LogP contribution in [0.5, 0.6) is 0 Å². The van der Waals surface area contributed by atoms with Gasteiger partial charge in [-0.25, -0.2) is 4.98 Å². The highest BCUT2D eigenvalue weighted by Crippen LogP contribution is 2.05. The lowest BCUT2D eigenvalue weighted by molar-refractivity contribution is -0.145. The lowest BCUT2D eigenvalue weighted by Crippen LogP contribution is -2.29. The van der Waals surface area contributed by atoms with Gasteiger partial charge in [-0.3, -0.25) is 9.69 Å². The van der Waals surface area contributed by atoms with Crippen LogP contribution in [-0.2, 0) is 23.1 Å². The summed E-state index contributed by atoms with van der Waals surface area (Å²) in [5.41, 5.74) is 1.12. The Morgan fingerprint density at radius 2 is 2.38 bits per heavy atom. The van der Waals surface area contributed by atoms with Gasteiger partial charge in [0.25, 0.3) is 0 Å². The minimum absolute atomic E-state index is 0.108. The zero-order valence-corrected chi connectivity index (χ0v) is 10.3. The van der Waals surface area contributed by atoms with Crippen molar-refractivity contribution in [1.29, 1.82) is 0 Å². The number of nitrogens with zero attached hydrogens (tertiary/aromatic N) is 3. The third kappa shape index (κ3) is 3.34. The van der Waals surface area contributed by atoms with E-state index in [1.54, 1.807) is 6.33 Å². The van der Waals surface area contributed by atoms with Gasteiger partial charge in [0.15, 0.2) is 0 Å². The molecule has 0 aliphatic heterocycles. The molecule has 16 heavy (non-hydrogen) atoms. The number of methoxy groups -OCH3 is 1. The summed E-state index contributed by atoms with van der Waals surface area (Å²) < 4.78 is 6.66. The van der Waals surface area contributed by atoms with E-state index < -0.39 is 0 Å². The zero-order valence-electron chi connectivity index (χ0n) is 10.3. The second kappa shape index (κ2) is 5.65. The van der Waals surface area contributed by atoms with Crippen LogP contribution in [0.4, 0.5) is 0 Å². The molecule has 0 saturated heterocycles. The van der Waals surface area contributed by atoms with E-state index in [0.717, 1.165) is 12.2 Å². The number of ether oxygens (including phenoxy) is 1. The molecule has 0 radical (unpaired) electrons. The molecule has 0 N–H and O–H groups in total. The van der Waals surface area contributed by atoms with Gasteiger partial charge >= 0.3 is 5.97 Å². The number of rotatable bonds is 5. The second-order valence-corrected chi connectivity index (χ2v) is 4.12. The summed E-state index contributed by atoms with van der Waals surface area (Å²) in [4.78, 5) is 17.4. The molecular formula is C11H19N3O2. The Bertz CT molecular complexity index is 349. The maximum absolute atomic E-state index is 11.3. The lowest BCUT2D eigenvalue weighted by atomic mass is 10.2. The zero-order chi connectivity index (χ0) is 12.1. The number of esters is 1. The van der Waals surface area contributed by atoms with Crippen molar-refractivity contribution < 1.29 is 9.53 Å². The number of imidazole rings is 1. The van der Waals surface area contributed by atoms with Gasteiger partial charge in [0, 0.05) is 26.3 Å². The molecule has 0 saturated carbocycles. The fourth-order valence-corrected chi connectivity index (χ4v) is 1.62. The summed E-state index contributed by atoms with van der Waals surface area (Å²) in [6, 6.07) is 0. The van der Waals surface area contributed by atoms with Crippen LogP contribution in [0.2, 0.25) is 0 Å². The third-order valence-electron chi connectivity index (χ3n) is 2.54. The Morgan fingerprint density at radius 3 is 2.88 bits per heavy atom. The predicted octanol–water partition coefficient (Wildman–Crippen LogP) is 0.661. The first-order valence-corrected chi connectivity index (χ1v) is 5.26. The first-order valence-electron chi connectivity index (χ1n) is 5.26. The van der Waals surface area contributed by atoms with E-state index in [1.807, 2.05) is 31.8 Å². The Kier molecular flexibility index (Phi) is 4.49. The van der Waals surface area contributed by atoms with Gasteiger partial charge in [-0.1, -0.05) is 6.92 Å². The molecule has 1 rings (SSSR count). The molecule has 0 amide bonds. The van der Waals surface area contributed by atoms with E-state index in [2.05, 4.69) is 14.6 Å². The first kappa shape index (κ1) is 12.7. The van der Waals surface area contributed by atoms with E-state index in [4.69, 9.17) is 0 Å². The van der Waals surface area contributed by atoms with Crippen molar-refractivity contribution in [2.24, 2.45) is 13.0 Å². The Hall–Kier alpha value is -1.36. The van der Waals surface area contributed by atoms with E-state index in [-0.39, 0.29) is 11.9 Å². The summed E-state index contributed by atoms with van der Waals surface area (Å²) in [7, 11) is 5.35. The summed E-state index contributed by atoms with van der Waals surface area (Å²) in [6.07, 6.45) is 3.60. The smallest absolute Gasteiger partial charge is 0.309 e. The van der Waals surface area contributed by atoms with Crippen LogP contribution < -0.4 is 0 Å². The van der Waals surface area contributed by atoms with Crippen LogP contribution in [0, 0.1) is 5.92 Å². The van der Waals surface area contributed by atoms with Crippen molar-refractivity contribution in [3.05, 3.63) is 18.2 Å². The first-order chi connectivity index (χ1) is 7.54. The van der Waals surface area contributed by atoms with Crippen molar-refractivity contribution in [3.63, 3.8) is 0 Å². The van der Waals surface area contributed by atoms with Gasteiger partial charge < -0.3 is 9.30 Å². The van der Waals surface area contributed by atoms with Gasteiger partial charge in [0.2, 0.25) is 0 Å². The highest BCUT2D eigenvalue weighted by molar-refractivity contribution is 5.72. The van der Waals surface area contributed by atoms with Crippen molar-refractivity contribution in [2.45, 2.75) is 13.5 Å². The predicted molar refractivity (Wildman–Crippen MR) is 60.7 cm³/mol. The number of carbonyl (C=O) groups excluding carboxylic acids is 1. The Balaban J connectivity index is 2.45. The highest BCUT2D eigenvalue weighted by Gasteiger charge is 2.15. The van der Waals surface area contributed by atoms with Crippen molar-refractivity contribution in [2.75, 3.05) is 20.7 Å². The summed E-state index contributed by atoms with van der Waals surface area (Å²) in [5.74, 6) is -0.278. The quantitative estimate of drug-likeness (QED) is 0.691. The van der Waals surface area contributed by atoms with Crippen LogP contribution in [0.3, 0.4) is 0 Å². The Morgan fingerprint density at radius 1 is 1.69 bits per heavy atom. The lowest BCUT2D eigenvalue weighted by Gasteiger charge is -2.19. The highest BCUT2D eigenvalue weighted by atomic mass is 16.5. The molecule has 0 aliphatic rings. The van der Waals surface area contributed by atoms with Gasteiger partial charge in [-0.2, -0.15) is 0 Å². The molecule has 1 unspecified atom stereocenters. The number of hydrogen-bond donors (Lipinski definition) is 0.